The molecule has 0 aromatic heterocycles. The van der Waals surface area contributed by atoms with E-state index in [0.29, 0.717) is 35.2 Å². The lowest BCUT2D eigenvalue weighted by Crippen LogP contribution is -2.28. The number of aromatic hydroxyl groups is 1. The number of phenolic OH excluding ortho intramolecular Hbond substituents is 1. The molecule has 43 heavy (non-hydrogen) atoms. The van der Waals surface area contributed by atoms with Crippen molar-refractivity contribution in [1.29, 1.82) is 0 Å². The molecule has 12 heteroatoms. The fourth-order valence-corrected chi connectivity index (χ4v) is 4.44. The topological polar surface area (TPSA) is 174 Å². The molecule has 226 valence electrons. The highest BCUT2D eigenvalue weighted by atomic mass is 16.5. The van der Waals surface area contributed by atoms with Crippen molar-refractivity contribution < 1.29 is 43.2 Å². The number of aromatic carboxylic acids is 1. The first kappa shape index (κ1) is 31.2. The molecule has 0 saturated carbocycles. The molecular weight excluding hydrogens is 560 g/mol. The van der Waals surface area contributed by atoms with Gasteiger partial charge in [-0.25, -0.2) is 4.79 Å². The predicted octanol–water partition coefficient (Wildman–Crippen LogP) is 2.88. The van der Waals surface area contributed by atoms with Crippen LogP contribution in [0.3, 0.4) is 0 Å². The summed E-state index contributed by atoms with van der Waals surface area (Å²) in [5.74, 6) is -1.68. The second-order valence-corrected chi connectivity index (χ2v) is 9.45. The van der Waals surface area contributed by atoms with Gasteiger partial charge in [-0.1, -0.05) is 6.07 Å². The van der Waals surface area contributed by atoms with E-state index in [-0.39, 0.29) is 78.9 Å². The summed E-state index contributed by atoms with van der Waals surface area (Å²) in [7, 11) is 1.56. The molecule has 1 aliphatic carbocycles. The highest BCUT2D eigenvalue weighted by Crippen LogP contribution is 2.42. The van der Waals surface area contributed by atoms with Crippen LogP contribution in [0, 0.1) is 0 Å². The number of rotatable bonds is 15. The van der Waals surface area contributed by atoms with Gasteiger partial charge in [-0.3, -0.25) is 14.4 Å². The van der Waals surface area contributed by atoms with Crippen molar-refractivity contribution in [3.8, 4) is 28.2 Å². The molecule has 0 bridgehead atoms. The highest BCUT2D eigenvalue weighted by molar-refractivity contribution is 6.09. The Hall–Kier alpha value is -4.78. The molecule has 2 aromatic carbocycles. The zero-order valence-electron chi connectivity index (χ0n) is 23.5. The van der Waals surface area contributed by atoms with E-state index in [1.807, 2.05) is 0 Å². The quantitative estimate of drug-likeness (QED) is 0.119. The molecule has 2 aromatic rings. The number of benzene rings is 3. The second kappa shape index (κ2) is 14.9. The molecule has 0 saturated heterocycles. The standard InChI is InChI=1S/C31H32N2O10/c1-40-12-9-32-28(36)8-11-41-14-15-42-13-10-33-30(37)19-2-5-22(25(16-19)31(38)39)29-23-6-3-20(34)17-26(23)43-27-18-21(35)4-7-24(27)29/h2-7,16-18,34H,8-15H2,1H3,(H,32,36)(H,33,37)(H,38,39). The minimum Gasteiger partial charge on any atom is -0.508 e. The Balaban J connectivity index is 1.38. The lowest BCUT2D eigenvalue weighted by atomic mass is 9.90. The highest BCUT2D eigenvalue weighted by Gasteiger charge is 2.23. The Morgan fingerprint density at radius 1 is 0.837 bits per heavy atom. The van der Waals surface area contributed by atoms with Gasteiger partial charge in [-0.15, -0.1) is 0 Å². The van der Waals surface area contributed by atoms with Crippen LogP contribution in [-0.2, 0) is 19.0 Å². The fraction of sp³-hybridized carbons (Fsp3) is 0.290. The van der Waals surface area contributed by atoms with Gasteiger partial charge >= 0.3 is 5.97 Å². The summed E-state index contributed by atoms with van der Waals surface area (Å²) >= 11 is 0. The van der Waals surface area contributed by atoms with Gasteiger partial charge in [0, 0.05) is 60.8 Å². The number of hydrogen-bond acceptors (Lipinski definition) is 9. The monoisotopic (exact) mass is 592 g/mol. The van der Waals surface area contributed by atoms with E-state index in [1.54, 1.807) is 19.2 Å². The summed E-state index contributed by atoms with van der Waals surface area (Å²) in [6.45, 7) is 2.09. The van der Waals surface area contributed by atoms with Crippen LogP contribution in [0.2, 0.25) is 0 Å². The Morgan fingerprint density at radius 3 is 2.35 bits per heavy atom. The first-order valence-corrected chi connectivity index (χ1v) is 13.5. The summed E-state index contributed by atoms with van der Waals surface area (Å²) in [5.41, 5.74) is 1.30. The molecule has 4 N–H and O–H groups in total. The maximum Gasteiger partial charge on any atom is 0.336 e. The van der Waals surface area contributed by atoms with Gasteiger partial charge in [0.15, 0.2) is 5.43 Å². The number of carboxylic acid groups (broad SMARTS) is 1. The van der Waals surface area contributed by atoms with Gasteiger partial charge in [-0.05, 0) is 42.0 Å². The predicted molar refractivity (Wildman–Crippen MR) is 157 cm³/mol. The average molecular weight is 593 g/mol. The Morgan fingerprint density at radius 2 is 1.58 bits per heavy atom. The SMILES string of the molecule is COCCNC(=O)CCOCCOCCNC(=O)c1ccc(-c2c3ccc(=O)cc-3oc3cc(O)ccc23)c(C(=O)O)c1. The third kappa shape index (κ3) is 8.16. The van der Waals surface area contributed by atoms with Crippen molar-refractivity contribution >= 4 is 28.8 Å². The molecule has 0 fully saturated rings. The number of amides is 2. The Kier molecular flexibility index (Phi) is 10.8. The zero-order chi connectivity index (χ0) is 30.8. The maximum atomic E-state index is 12.8. The number of carbonyl (C=O) groups excluding carboxylic acids is 2. The van der Waals surface area contributed by atoms with Crippen LogP contribution in [0.15, 0.2) is 63.8 Å². The van der Waals surface area contributed by atoms with Crippen LogP contribution in [-0.4, -0.2) is 81.2 Å². The number of methoxy groups -OCH3 is 1. The lowest BCUT2D eigenvalue weighted by molar-refractivity contribution is -0.122. The largest absolute Gasteiger partial charge is 0.508 e. The number of nitrogens with one attached hydrogen (secondary N) is 2. The van der Waals surface area contributed by atoms with E-state index in [9.17, 15) is 29.4 Å². The molecule has 12 nitrogen and oxygen atoms in total. The average Bonchev–Trinajstić information content (AvgIpc) is 2.98. The minimum absolute atomic E-state index is 0.0553. The molecule has 0 spiro atoms. The number of fused-ring (bicyclic) bond motifs is 2. The normalized spacial score (nSPS) is 11.1. The molecule has 1 heterocycles. The van der Waals surface area contributed by atoms with Crippen molar-refractivity contribution in [2.24, 2.45) is 0 Å². The fourth-order valence-electron chi connectivity index (χ4n) is 4.44. The van der Waals surface area contributed by atoms with Gasteiger partial charge in [0.1, 0.15) is 17.1 Å². The number of carboxylic acids is 1. The van der Waals surface area contributed by atoms with Crippen LogP contribution in [0.1, 0.15) is 27.1 Å². The van der Waals surface area contributed by atoms with Crippen molar-refractivity contribution in [1.82, 2.24) is 10.6 Å². The molecule has 0 atom stereocenters. The molecule has 0 radical (unpaired) electrons. The van der Waals surface area contributed by atoms with Crippen LogP contribution in [0.4, 0.5) is 0 Å². The summed E-state index contributed by atoms with van der Waals surface area (Å²) < 4.78 is 21.5. The van der Waals surface area contributed by atoms with Gasteiger partial charge < -0.3 is 39.5 Å². The van der Waals surface area contributed by atoms with Crippen LogP contribution >= 0.6 is 0 Å². The number of hydrogen-bond donors (Lipinski definition) is 4. The molecule has 4 rings (SSSR count). The first-order chi connectivity index (χ1) is 20.8. The van der Waals surface area contributed by atoms with Crippen molar-refractivity contribution in [3.63, 3.8) is 0 Å². The van der Waals surface area contributed by atoms with Gasteiger partial charge in [0.05, 0.1) is 38.6 Å². The van der Waals surface area contributed by atoms with Gasteiger partial charge in [0.25, 0.3) is 5.91 Å². The van der Waals surface area contributed by atoms with Crippen molar-refractivity contribution in [2.45, 2.75) is 6.42 Å². The molecule has 0 unspecified atom stereocenters. The van der Waals surface area contributed by atoms with Crippen LogP contribution in [0.5, 0.6) is 5.75 Å². The van der Waals surface area contributed by atoms with Crippen molar-refractivity contribution in [3.05, 3.63) is 75.9 Å². The van der Waals surface area contributed by atoms with E-state index >= 15 is 0 Å². The minimum atomic E-state index is -1.25. The Bertz CT molecular complexity index is 1630. The molecule has 2 aliphatic rings. The summed E-state index contributed by atoms with van der Waals surface area (Å²) in [5, 5.41) is 26.0. The smallest absolute Gasteiger partial charge is 0.336 e. The van der Waals surface area contributed by atoms with Crippen LogP contribution in [0.25, 0.3) is 33.4 Å². The number of phenols is 1. The van der Waals surface area contributed by atoms with E-state index in [2.05, 4.69) is 10.6 Å². The van der Waals surface area contributed by atoms with Crippen LogP contribution < -0.4 is 16.1 Å². The molecule has 1 aliphatic heterocycles. The maximum absolute atomic E-state index is 12.8. The van der Waals surface area contributed by atoms with Crippen molar-refractivity contribution in [2.75, 3.05) is 53.2 Å². The zero-order valence-corrected chi connectivity index (χ0v) is 23.5. The third-order valence-corrected chi connectivity index (χ3v) is 6.46. The second-order valence-electron chi connectivity index (χ2n) is 9.45. The van der Waals surface area contributed by atoms with Gasteiger partial charge in [-0.2, -0.15) is 0 Å². The molecule has 2 amide bonds. The molecular formula is C31H32N2O10. The lowest BCUT2D eigenvalue weighted by Gasteiger charge is -2.17. The number of ether oxygens (including phenoxy) is 3. The Labute approximate surface area is 246 Å². The summed E-state index contributed by atoms with van der Waals surface area (Å²) in [6.07, 6.45) is 0.230. The van der Waals surface area contributed by atoms with E-state index < -0.39 is 11.9 Å². The summed E-state index contributed by atoms with van der Waals surface area (Å²) in [4.78, 5) is 48.7. The van der Waals surface area contributed by atoms with Gasteiger partial charge in [0.2, 0.25) is 5.91 Å². The number of carbonyl (C=O) groups is 3. The van der Waals surface area contributed by atoms with E-state index in [1.165, 1.54) is 42.5 Å². The van der Waals surface area contributed by atoms with E-state index in [0.717, 1.165) is 0 Å². The third-order valence-electron chi connectivity index (χ3n) is 6.46. The van der Waals surface area contributed by atoms with E-state index in [4.69, 9.17) is 18.6 Å². The summed E-state index contributed by atoms with van der Waals surface area (Å²) in [6, 6.07) is 13.0. The first-order valence-electron chi connectivity index (χ1n) is 13.5.